The number of pyridine rings is 1. The first-order valence-corrected chi connectivity index (χ1v) is 7.56. The number of hydrogen-bond acceptors (Lipinski definition) is 4. The molecule has 0 unspecified atom stereocenters. The van der Waals surface area contributed by atoms with Gasteiger partial charge in [0.25, 0.3) is 5.69 Å². The van der Waals surface area contributed by atoms with Crippen LogP contribution in [0.5, 0.6) is 0 Å². The molecule has 1 N–H and O–H groups in total. The average Bonchev–Trinajstić information content (AvgIpc) is 2.93. The van der Waals surface area contributed by atoms with E-state index in [1.165, 1.54) is 12.1 Å². The molecule has 6 nitrogen and oxygen atoms in total. The van der Waals surface area contributed by atoms with E-state index < -0.39 is 0 Å². The van der Waals surface area contributed by atoms with E-state index in [0.717, 1.165) is 42.0 Å². The molecular formula is C17H18N4O2. The van der Waals surface area contributed by atoms with Crippen LogP contribution in [0.4, 0.5) is 5.69 Å². The highest BCUT2D eigenvalue weighted by Crippen LogP contribution is 2.27. The number of benzene rings is 1. The van der Waals surface area contributed by atoms with Crippen molar-refractivity contribution in [3.63, 3.8) is 0 Å². The Morgan fingerprint density at radius 3 is 2.70 bits per heavy atom. The van der Waals surface area contributed by atoms with Crippen LogP contribution in [0.15, 0.2) is 48.7 Å². The number of aromatic nitrogens is 2. The number of non-ortho nitro benzene ring substituents is 1. The van der Waals surface area contributed by atoms with Crippen molar-refractivity contribution in [2.24, 2.45) is 0 Å². The maximum absolute atomic E-state index is 10.8. The lowest BCUT2D eigenvalue weighted by Gasteiger charge is -2.05. The van der Waals surface area contributed by atoms with E-state index in [1.807, 2.05) is 35.8 Å². The highest BCUT2D eigenvalue weighted by Gasteiger charge is 2.14. The van der Waals surface area contributed by atoms with Gasteiger partial charge in [0.15, 0.2) is 0 Å². The molecule has 0 aliphatic heterocycles. The lowest BCUT2D eigenvalue weighted by molar-refractivity contribution is -0.384. The van der Waals surface area contributed by atoms with Crippen molar-refractivity contribution in [1.29, 1.82) is 0 Å². The van der Waals surface area contributed by atoms with E-state index in [1.54, 1.807) is 12.1 Å². The molecule has 0 fully saturated rings. The molecule has 3 aromatic rings. The second-order valence-electron chi connectivity index (χ2n) is 5.35. The van der Waals surface area contributed by atoms with Gasteiger partial charge in [0.05, 0.1) is 16.3 Å². The third-order valence-corrected chi connectivity index (χ3v) is 3.79. The molecule has 0 saturated heterocycles. The highest BCUT2D eigenvalue weighted by molar-refractivity contribution is 5.68. The van der Waals surface area contributed by atoms with Gasteiger partial charge in [0, 0.05) is 23.9 Å². The van der Waals surface area contributed by atoms with Gasteiger partial charge in [0.2, 0.25) is 0 Å². The topological polar surface area (TPSA) is 72.5 Å². The molecule has 2 heterocycles. The molecule has 0 bridgehead atoms. The summed E-state index contributed by atoms with van der Waals surface area (Å²) in [6.45, 7) is 0.924. The van der Waals surface area contributed by atoms with Gasteiger partial charge in [-0.3, -0.25) is 14.5 Å². The summed E-state index contributed by atoms with van der Waals surface area (Å²) in [6, 6.07) is 12.5. The zero-order valence-corrected chi connectivity index (χ0v) is 12.9. The summed E-state index contributed by atoms with van der Waals surface area (Å²) in [4.78, 5) is 15.2. The first kappa shape index (κ1) is 15.2. The molecule has 0 spiro atoms. The van der Waals surface area contributed by atoms with E-state index in [2.05, 4.69) is 5.32 Å². The van der Waals surface area contributed by atoms with E-state index in [0.29, 0.717) is 0 Å². The molecular weight excluding hydrogens is 292 g/mol. The molecule has 2 aromatic heterocycles. The number of nitro benzene ring substituents is 1. The van der Waals surface area contributed by atoms with Crippen LogP contribution in [0.25, 0.3) is 16.9 Å². The predicted molar refractivity (Wildman–Crippen MR) is 89.5 cm³/mol. The van der Waals surface area contributed by atoms with Crippen molar-refractivity contribution in [3.05, 3.63) is 64.5 Å². The normalized spacial score (nSPS) is 11.0. The molecule has 0 aliphatic rings. The zero-order chi connectivity index (χ0) is 16.2. The van der Waals surface area contributed by atoms with Gasteiger partial charge in [-0.15, -0.1) is 0 Å². The monoisotopic (exact) mass is 310 g/mol. The fraction of sp³-hybridized carbons (Fsp3) is 0.235. The SMILES string of the molecule is CNCCCc1nc2ccccn2c1-c1ccc([N+](=O)[O-])cc1. The molecule has 1 aromatic carbocycles. The second-order valence-corrected chi connectivity index (χ2v) is 5.35. The number of nitro groups is 1. The zero-order valence-electron chi connectivity index (χ0n) is 12.9. The van der Waals surface area contributed by atoms with Gasteiger partial charge < -0.3 is 5.32 Å². The Balaban J connectivity index is 2.06. The Labute approximate surface area is 133 Å². The van der Waals surface area contributed by atoms with E-state index in [-0.39, 0.29) is 10.6 Å². The number of rotatable bonds is 6. The first-order chi connectivity index (χ1) is 11.2. The van der Waals surface area contributed by atoms with Gasteiger partial charge in [0.1, 0.15) is 5.65 Å². The first-order valence-electron chi connectivity index (χ1n) is 7.56. The van der Waals surface area contributed by atoms with Crippen molar-refractivity contribution in [2.75, 3.05) is 13.6 Å². The smallest absolute Gasteiger partial charge is 0.269 e. The molecule has 3 rings (SSSR count). The number of hydrogen-bond donors (Lipinski definition) is 1. The number of aryl methyl sites for hydroxylation is 1. The lowest BCUT2D eigenvalue weighted by atomic mass is 10.1. The largest absolute Gasteiger partial charge is 0.320 e. The molecule has 0 aliphatic carbocycles. The van der Waals surface area contributed by atoms with Crippen molar-refractivity contribution < 1.29 is 4.92 Å². The Kier molecular flexibility index (Phi) is 4.34. The Bertz CT molecular complexity index is 824. The van der Waals surface area contributed by atoms with Crippen LogP contribution in [0.3, 0.4) is 0 Å². The number of fused-ring (bicyclic) bond motifs is 1. The minimum absolute atomic E-state index is 0.0966. The van der Waals surface area contributed by atoms with Crippen LogP contribution in [0, 0.1) is 10.1 Å². The fourth-order valence-corrected chi connectivity index (χ4v) is 2.70. The minimum Gasteiger partial charge on any atom is -0.320 e. The Morgan fingerprint density at radius 2 is 2.00 bits per heavy atom. The average molecular weight is 310 g/mol. The van der Waals surface area contributed by atoms with Crippen molar-refractivity contribution in [3.8, 4) is 11.3 Å². The van der Waals surface area contributed by atoms with E-state index >= 15 is 0 Å². The quantitative estimate of drug-likeness (QED) is 0.431. The summed E-state index contributed by atoms with van der Waals surface area (Å²) in [7, 11) is 1.93. The Morgan fingerprint density at radius 1 is 1.22 bits per heavy atom. The van der Waals surface area contributed by atoms with Crippen molar-refractivity contribution in [1.82, 2.24) is 14.7 Å². The summed E-state index contributed by atoms with van der Waals surface area (Å²) in [5.41, 5.74) is 3.94. The maximum Gasteiger partial charge on any atom is 0.269 e. The molecule has 0 amide bonds. The predicted octanol–water partition coefficient (Wildman–Crippen LogP) is 3.06. The van der Waals surface area contributed by atoms with Crippen LogP contribution < -0.4 is 5.32 Å². The number of imidazole rings is 1. The summed E-state index contributed by atoms with van der Waals surface area (Å²) < 4.78 is 2.04. The molecule has 23 heavy (non-hydrogen) atoms. The van der Waals surface area contributed by atoms with Crippen LogP contribution in [-0.4, -0.2) is 27.9 Å². The van der Waals surface area contributed by atoms with E-state index in [4.69, 9.17) is 4.98 Å². The van der Waals surface area contributed by atoms with Crippen LogP contribution in [0.2, 0.25) is 0 Å². The molecule has 118 valence electrons. The third-order valence-electron chi connectivity index (χ3n) is 3.79. The standard InChI is InChI=1S/C17H18N4O2/c1-18-11-4-5-15-17(20-12-3-2-6-16(20)19-15)13-7-9-14(10-8-13)21(22)23/h2-3,6-10,12,18H,4-5,11H2,1H3. The van der Waals surface area contributed by atoms with E-state index in [9.17, 15) is 10.1 Å². The van der Waals surface area contributed by atoms with Gasteiger partial charge >= 0.3 is 0 Å². The molecule has 0 saturated carbocycles. The number of nitrogens with one attached hydrogen (secondary N) is 1. The van der Waals surface area contributed by atoms with Crippen LogP contribution in [0.1, 0.15) is 12.1 Å². The van der Waals surface area contributed by atoms with Crippen molar-refractivity contribution in [2.45, 2.75) is 12.8 Å². The highest BCUT2D eigenvalue weighted by atomic mass is 16.6. The summed E-state index contributed by atoms with van der Waals surface area (Å²) in [6.07, 6.45) is 3.82. The maximum atomic E-state index is 10.8. The summed E-state index contributed by atoms with van der Waals surface area (Å²) >= 11 is 0. The lowest BCUT2D eigenvalue weighted by Crippen LogP contribution is -2.08. The Hall–Kier alpha value is -2.73. The second kappa shape index (κ2) is 6.58. The molecule has 6 heteroatoms. The van der Waals surface area contributed by atoms with Crippen molar-refractivity contribution >= 4 is 11.3 Å². The number of nitrogens with zero attached hydrogens (tertiary/aromatic N) is 3. The van der Waals surface area contributed by atoms with Gasteiger partial charge in [-0.2, -0.15) is 0 Å². The summed E-state index contributed by atoms with van der Waals surface area (Å²) in [5.74, 6) is 0. The summed E-state index contributed by atoms with van der Waals surface area (Å²) in [5, 5.41) is 14.0. The van der Waals surface area contributed by atoms with Gasteiger partial charge in [-0.1, -0.05) is 6.07 Å². The third kappa shape index (κ3) is 3.07. The minimum atomic E-state index is -0.383. The van der Waals surface area contributed by atoms with Crippen LogP contribution >= 0.6 is 0 Å². The molecule has 0 atom stereocenters. The van der Waals surface area contributed by atoms with Gasteiger partial charge in [-0.25, -0.2) is 4.98 Å². The van der Waals surface area contributed by atoms with Gasteiger partial charge in [-0.05, 0) is 50.7 Å². The fourth-order valence-electron chi connectivity index (χ4n) is 2.70. The molecule has 0 radical (unpaired) electrons. The van der Waals surface area contributed by atoms with Crippen LogP contribution in [-0.2, 0) is 6.42 Å².